The molecule has 0 amide bonds. The van der Waals surface area contributed by atoms with Crippen LogP contribution in [-0.4, -0.2) is 18.1 Å². The minimum Gasteiger partial charge on any atom is -0.481 e. The van der Waals surface area contributed by atoms with Crippen LogP contribution in [0.3, 0.4) is 0 Å². The Hall–Kier alpha value is -1.13. The number of hydrogen-bond acceptors (Lipinski definition) is 4. The van der Waals surface area contributed by atoms with Gasteiger partial charge in [-0.2, -0.15) is 0 Å². The summed E-state index contributed by atoms with van der Waals surface area (Å²) in [6.07, 6.45) is 9.43. The van der Waals surface area contributed by atoms with Crippen LogP contribution in [-0.2, 0) is 6.42 Å². The molecule has 4 heteroatoms. The van der Waals surface area contributed by atoms with Crippen LogP contribution in [0.4, 0.5) is 0 Å². The maximum Gasteiger partial charge on any atom is 0.212 e. The van der Waals surface area contributed by atoms with Gasteiger partial charge in [0.25, 0.3) is 0 Å². The van der Waals surface area contributed by atoms with Gasteiger partial charge >= 0.3 is 0 Å². The molecule has 1 aliphatic rings. The lowest BCUT2D eigenvalue weighted by molar-refractivity contribution is 0.208. The number of hydrogen-bond donors (Lipinski definition) is 2. The fraction of sp³-hybridized carbons (Fsp3) is 0.688. The highest BCUT2D eigenvalue weighted by atomic mass is 16.5. The second kappa shape index (κ2) is 7.60. The van der Waals surface area contributed by atoms with Crippen LogP contribution in [0.25, 0.3) is 0 Å². The Morgan fingerprint density at radius 3 is 2.90 bits per heavy atom. The van der Waals surface area contributed by atoms with Crippen LogP contribution in [0.2, 0.25) is 0 Å². The summed E-state index contributed by atoms with van der Waals surface area (Å²) in [5, 5.41) is 0. The predicted molar refractivity (Wildman–Crippen MR) is 81.3 cm³/mol. The third-order valence-electron chi connectivity index (χ3n) is 4.65. The van der Waals surface area contributed by atoms with E-state index in [4.69, 9.17) is 10.6 Å². The molecule has 0 radical (unpaired) electrons. The molecule has 3 unspecified atom stereocenters. The number of nitrogens with two attached hydrogens (primary N) is 1. The van der Waals surface area contributed by atoms with Gasteiger partial charge in [0, 0.05) is 18.3 Å². The van der Waals surface area contributed by atoms with Crippen LogP contribution < -0.4 is 16.0 Å². The van der Waals surface area contributed by atoms with E-state index >= 15 is 0 Å². The van der Waals surface area contributed by atoms with Crippen LogP contribution in [0.1, 0.15) is 44.6 Å². The first-order valence-corrected chi connectivity index (χ1v) is 7.71. The molecule has 3 N–H and O–H groups in total. The molecule has 1 fully saturated rings. The van der Waals surface area contributed by atoms with Crippen LogP contribution >= 0.6 is 0 Å². The van der Waals surface area contributed by atoms with Gasteiger partial charge in [0.15, 0.2) is 0 Å². The lowest BCUT2D eigenvalue weighted by Crippen LogP contribution is -2.44. The normalized spacial score (nSPS) is 24.4. The number of hydrazine groups is 1. The van der Waals surface area contributed by atoms with E-state index in [1.165, 1.54) is 37.7 Å². The number of aromatic nitrogens is 1. The molecule has 0 bridgehead atoms. The maximum absolute atomic E-state index is 5.80. The van der Waals surface area contributed by atoms with Crippen LogP contribution in [0.15, 0.2) is 18.3 Å². The lowest BCUT2D eigenvalue weighted by Gasteiger charge is -2.34. The molecule has 0 aromatic carbocycles. The molecule has 1 aromatic heterocycles. The van der Waals surface area contributed by atoms with Gasteiger partial charge in [-0.3, -0.25) is 11.3 Å². The highest BCUT2D eigenvalue weighted by Crippen LogP contribution is 2.33. The van der Waals surface area contributed by atoms with Gasteiger partial charge in [-0.05, 0) is 36.7 Å². The molecule has 1 aliphatic carbocycles. The van der Waals surface area contributed by atoms with Gasteiger partial charge in [0.05, 0.1) is 7.11 Å². The number of pyridine rings is 1. The first-order chi connectivity index (χ1) is 9.76. The monoisotopic (exact) mass is 277 g/mol. The second-order valence-electron chi connectivity index (χ2n) is 5.89. The Balaban J connectivity index is 1.96. The van der Waals surface area contributed by atoms with Crippen molar-refractivity contribution in [1.29, 1.82) is 0 Å². The van der Waals surface area contributed by atoms with E-state index in [9.17, 15) is 0 Å². The van der Waals surface area contributed by atoms with E-state index in [2.05, 4.69) is 23.4 Å². The van der Waals surface area contributed by atoms with E-state index in [0.29, 0.717) is 17.8 Å². The minimum atomic E-state index is 0.347. The standard InChI is InChI=1S/C16H27N3O/c1-3-12-5-4-6-14(9-12)15(19-17)10-13-7-8-16(20-2)18-11-13/h7-8,11-12,14-15,19H,3-6,9-10,17H2,1-2H3. The van der Waals surface area contributed by atoms with Gasteiger partial charge in [-0.15, -0.1) is 0 Å². The van der Waals surface area contributed by atoms with Gasteiger partial charge in [-0.25, -0.2) is 4.98 Å². The molecular formula is C16H27N3O. The first kappa shape index (κ1) is 15.3. The summed E-state index contributed by atoms with van der Waals surface area (Å²) in [4.78, 5) is 4.27. The zero-order valence-electron chi connectivity index (χ0n) is 12.6. The summed E-state index contributed by atoms with van der Waals surface area (Å²) in [5.41, 5.74) is 4.25. The van der Waals surface area contributed by atoms with E-state index in [-0.39, 0.29) is 0 Å². The smallest absolute Gasteiger partial charge is 0.212 e. The van der Waals surface area contributed by atoms with E-state index in [1.54, 1.807) is 7.11 Å². The third-order valence-corrected chi connectivity index (χ3v) is 4.65. The predicted octanol–water partition coefficient (Wildman–Crippen LogP) is 2.68. The maximum atomic E-state index is 5.80. The molecule has 0 saturated heterocycles. The van der Waals surface area contributed by atoms with Gasteiger partial charge in [0.1, 0.15) is 0 Å². The molecule has 112 valence electrons. The Labute approximate surface area is 122 Å². The number of nitrogens with one attached hydrogen (secondary N) is 1. The molecule has 0 aliphatic heterocycles. The fourth-order valence-electron chi connectivity index (χ4n) is 3.34. The number of nitrogens with zero attached hydrogens (tertiary/aromatic N) is 1. The third kappa shape index (κ3) is 3.93. The average Bonchev–Trinajstić information content (AvgIpc) is 2.53. The largest absolute Gasteiger partial charge is 0.481 e. The molecule has 1 aromatic rings. The number of rotatable bonds is 6. The molecule has 1 saturated carbocycles. The molecule has 1 heterocycles. The van der Waals surface area contributed by atoms with Crippen molar-refractivity contribution in [3.63, 3.8) is 0 Å². The van der Waals surface area contributed by atoms with Crippen molar-refractivity contribution in [1.82, 2.24) is 10.4 Å². The minimum absolute atomic E-state index is 0.347. The summed E-state index contributed by atoms with van der Waals surface area (Å²) >= 11 is 0. The Morgan fingerprint density at radius 2 is 2.30 bits per heavy atom. The molecule has 3 atom stereocenters. The van der Waals surface area contributed by atoms with Crippen molar-refractivity contribution >= 4 is 0 Å². The number of methoxy groups -OCH3 is 1. The van der Waals surface area contributed by atoms with Crippen molar-refractivity contribution in [2.24, 2.45) is 17.7 Å². The molecular weight excluding hydrogens is 250 g/mol. The second-order valence-corrected chi connectivity index (χ2v) is 5.89. The molecule has 4 nitrogen and oxygen atoms in total. The molecule has 0 spiro atoms. The summed E-state index contributed by atoms with van der Waals surface area (Å²) in [7, 11) is 1.64. The average molecular weight is 277 g/mol. The van der Waals surface area contributed by atoms with Crippen molar-refractivity contribution in [2.45, 2.75) is 51.5 Å². The van der Waals surface area contributed by atoms with Gasteiger partial charge in [-0.1, -0.05) is 32.3 Å². The zero-order valence-corrected chi connectivity index (χ0v) is 12.6. The highest BCUT2D eigenvalue weighted by molar-refractivity contribution is 5.18. The van der Waals surface area contributed by atoms with Crippen molar-refractivity contribution in [3.8, 4) is 5.88 Å². The highest BCUT2D eigenvalue weighted by Gasteiger charge is 2.27. The summed E-state index contributed by atoms with van der Waals surface area (Å²) < 4.78 is 5.09. The fourth-order valence-corrected chi connectivity index (χ4v) is 3.34. The summed E-state index contributed by atoms with van der Waals surface area (Å²) in [5.74, 6) is 8.02. The Morgan fingerprint density at radius 1 is 1.45 bits per heavy atom. The van der Waals surface area contributed by atoms with Gasteiger partial charge < -0.3 is 4.74 Å². The van der Waals surface area contributed by atoms with E-state index in [1.807, 2.05) is 12.3 Å². The topological polar surface area (TPSA) is 60.2 Å². The Kier molecular flexibility index (Phi) is 5.80. The van der Waals surface area contributed by atoms with Crippen molar-refractivity contribution in [2.75, 3.05) is 7.11 Å². The SMILES string of the molecule is CCC1CCCC(C(Cc2ccc(OC)nc2)NN)C1. The number of ether oxygens (including phenoxy) is 1. The van der Waals surface area contributed by atoms with Crippen LogP contribution in [0, 0.1) is 11.8 Å². The van der Waals surface area contributed by atoms with Gasteiger partial charge in [0.2, 0.25) is 5.88 Å². The lowest BCUT2D eigenvalue weighted by atomic mass is 9.76. The van der Waals surface area contributed by atoms with E-state index in [0.717, 1.165) is 12.3 Å². The first-order valence-electron chi connectivity index (χ1n) is 7.71. The molecule has 20 heavy (non-hydrogen) atoms. The van der Waals surface area contributed by atoms with Crippen LogP contribution in [0.5, 0.6) is 5.88 Å². The summed E-state index contributed by atoms with van der Waals surface area (Å²) in [6.45, 7) is 2.30. The van der Waals surface area contributed by atoms with Crippen molar-refractivity contribution in [3.05, 3.63) is 23.9 Å². The summed E-state index contributed by atoms with van der Waals surface area (Å²) in [6, 6.07) is 4.34. The Bertz CT molecular complexity index is 393. The molecule has 2 rings (SSSR count). The van der Waals surface area contributed by atoms with Crippen molar-refractivity contribution < 1.29 is 4.74 Å². The van der Waals surface area contributed by atoms with E-state index < -0.39 is 0 Å². The quantitative estimate of drug-likeness (QED) is 0.620. The zero-order chi connectivity index (χ0) is 14.4.